The number of benzene rings is 2. The third kappa shape index (κ3) is 6.33. The molecule has 3 rings (SSSR count). The molecule has 0 spiro atoms. The molecule has 3 aromatic rings. The van der Waals surface area contributed by atoms with Gasteiger partial charge in [0.15, 0.2) is 15.1 Å². The lowest BCUT2D eigenvalue weighted by atomic mass is 10.1. The van der Waals surface area contributed by atoms with Gasteiger partial charge >= 0.3 is 0 Å². The largest absolute Gasteiger partial charge is 0.354 e. The highest BCUT2D eigenvalue weighted by Crippen LogP contribution is 2.33. The van der Waals surface area contributed by atoms with Crippen molar-refractivity contribution in [2.75, 3.05) is 18.6 Å². The summed E-state index contributed by atoms with van der Waals surface area (Å²) in [6.45, 7) is -0.348. The standard InChI is InChI=1S/C18H20N4O7S4/c1-31(24,25)16(17(23)21-7-8-32(19,26)27)18-22-14-6-5-12(10-15(14)30-18)11-3-2-4-13(9-11)33(20,28)29/h2-6,9-10,16H,7-8H2,1H3,(H,21,23)(H2,19,26,27)(H2,20,28,29). The van der Waals surface area contributed by atoms with E-state index in [1.54, 1.807) is 30.3 Å². The Morgan fingerprint density at radius 3 is 2.30 bits per heavy atom. The molecule has 0 aliphatic carbocycles. The Hall–Kier alpha value is -2.43. The average molecular weight is 533 g/mol. The Labute approximate surface area is 194 Å². The van der Waals surface area contributed by atoms with Gasteiger partial charge in [0.25, 0.3) is 0 Å². The Morgan fingerprint density at radius 2 is 1.70 bits per heavy atom. The van der Waals surface area contributed by atoms with Gasteiger partial charge in [-0.2, -0.15) is 0 Å². The number of carbonyl (C=O) groups is 1. The number of nitrogens with two attached hydrogens (primary N) is 2. The van der Waals surface area contributed by atoms with Gasteiger partial charge in [0.05, 0.1) is 20.9 Å². The van der Waals surface area contributed by atoms with E-state index in [9.17, 15) is 30.0 Å². The first kappa shape index (κ1) is 25.2. The molecule has 33 heavy (non-hydrogen) atoms. The topological polar surface area (TPSA) is 196 Å². The van der Waals surface area contributed by atoms with E-state index >= 15 is 0 Å². The lowest BCUT2D eigenvalue weighted by molar-refractivity contribution is -0.120. The maximum absolute atomic E-state index is 12.5. The molecule has 1 heterocycles. The van der Waals surface area contributed by atoms with Crippen LogP contribution in [0.5, 0.6) is 0 Å². The molecule has 0 saturated carbocycles. The van der Waals surface area contributed by atoms with Crippen LogP contribution in [0.3, 0.4) is 0 Å². The summed E-state index contributed by atoms with van der Waals surface area (Å²) in [5.41, 5.74) is 1.64. The number of amides is 1. The van der Waals surface area contributed by atoms with Crippen LogP contribution in [0.15, 0.2) is 47.4 Å². The number of nitrogens with zero attached hydrogens (tertiary/aromatic N) is 1. The van der Waals surface area contributed by atoms with Crippen molar-refractivity contribution >= 4 is 57.3 Å². The third-order valence-corrected chi connectivity index (χ3v) is 8.69. The Kier molecular flexibility index (Phi) is 6.93. The number of fused-ring (bicyclic) bond motifs is 1. The maximum atomic E-state index is 12.5. The van der Waals surface area contributed by atoms with Gasteiger partial charge in [0.1, 0.15) is 5.01 Å². The normalized spacial score (nSPS) is 13.7. The molecule has 15 heteroatoms. The lowest BCUT2D eigenvalue weighted by Crippen LogP contribution is -2.37. The number of carbonyl (C=O) groups excluding carboxylic acids is 1. The quantitative estimate of drug-likeness (QED) is 0.363. The van der Waals surface area contributed by atoms with Gasteiger partial charge in [0, 0.05) is 12.8 Å². The van der Waals surface area contributed by atoms with Crippen molar-refractivity contribution in [1.82, 2.24) is 10.3 Å². The molecule has 0 saturated heterocycles. The summed E-state index contributed by atoms with van der Waals surface area (Å²) in [6.07, 6.45) is 0.882. The van der Waals surface area contributed by atoms with Crippen LogP contribution in [0.1, 0.15) is 10.3 Å². The Balaban J connectivity index is 1.97. The second-order valence-corrected chi connectivity index (χ2v) is 13.7. The van der Waals surface area contributed by atoms with Crippen LogP contribution < -0.4 is 15.6 Å². The van der Waals surface area contributed by atoms with E-state index in [-0.39, 0.29) is 16.4 Å². The van der Waals surface area contributed by atoms with Crippen LogP contribution in [0.25, 0.3) is 21.3 Å². The maximum Gasteiger partial charge on any atom is 0.245 e. The van der Waals surface area contributed by atoms with Crippen molar-refractivity contribution in [3.05, 3.63) is 47.5 Å². The predicted molar refractivity (Wildman–Crippen MR) is 125 cm³/mol. The zero-order valence-corrected chi connectivity index (χ0v) is 20.4. The monoisotopic (exact) mass is 532 g/mol. The molecular formula is C18H20N4O7S4. The first-order valence-corrected chi connectivity index (χ1v) is 15.2. The number of rotatable bonds is 8. The second-order valence-electron chi connectivity index (χ2n) is 7.18. The number of hydrogen-bond acceptors (Lipinski definition) is 9. The van der Waals surface area contributed by atoms with E-state index in [1.165, 1.54) is 12.1 Å². The molecular weight excluding hydrogens is 512 g/mol. The molecule has 178 valence electrons. The number of aromatic nitrogens is 1. The summed E-state index contributed by atoms with van der Waals surface area (Å²) in [7, 11) is -11.7. The summed E-state index contributed by atoms with van der Waals surface area (Å²) in [6, 6.07) is 11.0. The summed E-state index contributed by atoms with van der Waals surface area (Å²) >= 11 is 0.981. The van der Waals surface area contributed by atoms with E-state index in [0.717, 1.165) is 17.6 Å². The van der Waals surface area contributed by atoms with Gasteiger partial charge in [-0.3, -0.25) is 4.79 Å². The lowest BCUT2D eigenvalue weighted by Gasteiger charge is -2.12. The van der Waals surface area contributed by atoms with Gasteiger partial charge in [-0.25, -0.2) is 40.5 Å². The summed E-state index contributed by atoms with van der Waals surface area (Å²) < 4.78 is 70.6. The second kappa shape index (κ2) is 9.08. The molecule has 0 fully saturated rings. The minimum Gasteiger partial charge on any atom is -0.354 e. The van der Waals surface area contributed by atoms with Crippen molar-refractivity contribution in [2.24, 2.45) is 10.3 Å². The highest BCUT2D eigenvalue weighted by atomic mass is 32.2. The molecule has 0 aliphatic heterocycles. The van der Waals surface area contributed by atoms with Gasteiger partial charge in [-0.1, -0.05) is 18.2 Å². The van der Waals surface area contributed by atoms with Crippen LogP contribution >= 0.6 is 11.3 Å². The number of thiazole rings is 1. The molecule has 11 nitrogen and oxygen atoms in total. The van der Waals surface area contributed by atoms with Crippen molar-refractivity contribution in [1.29, 1.82) is 0 Å². The molecule has 2 aromatic carbocycles. The molecule has 1 unspecified atom stereocenters. The van der Waals surface area contributed by atoms with Crippen LogP contribution in [-0.2, 0) is 34.7 Å². The Morgan fingerprint density at radius 1 is 1.03 bits per heavy atom. The van der Waals surface area contributed by atoms with Crippen molar-refractivity contribution in [3.8, 4) is 11.1 Å². The van der Waals surface area contributed by atoms with Crippen LogP contribution in [0, 0.1) is 0 Å². The SMILES string of the molecule is CS(=O)(=O)C(C(=O)NCCS(N)(=O)=O)c1nc2ccc(-c3cccc(S(N)(=O)=O)c3)cc2s1. The molecule has 5 N–H and O–H groups in total. The first-order valence-electron chi connectivity index (χ1n) is 9.16. The fraction of sp³-hybridized carbons (Fsp3) is 0.222. The minimum atomic E-state index is -3.94. The van der Waals surface area contributed by atoms with Gasteiger partial charge in [-0.05, 0) is 35.4 Å². The van der Waals surface area contributed by atoms with Crippen molar-refractivity contribution < 1.29 is 30.0 Å². The highest BCUT2D eigenvalue weighted by molar-refractivity contribution is 7.91. The zero-order valence-electron chi connectivity index (χ0n) is 17.1. The predicted octanol–water partition coefficient (Wildman–Crippen LogP) is 0.101. The van der Waals surface area contributed by atoms with Gasteiger partial charge in [-0.15, -0.1) is 11.3 Å². The van der Waals surface area contributed by atoms with Crippen LogP contribution in [-0.4, -0.2) is 54.7 Å². The van der Waals surface area contributed by atoms with E-state index < -0.39 is 46.8 Å². The average Bonchev–Trinajstić information content (AvgIpc) is 3.07. The third-order valence-electron chi connectivity index (χ3n) is 4.48. The molecule has 1 atom stereocenters. The summed E-state index contributed by atoms with van der Waals surface area (Å²) in [5, 5.41) is 10.7. The number of nitrogens with one attached hydrogen (secondary N) is 1. The number of sulfonamides is 2. The molecule has 1 amide bonds. The first-order chi connectivity index (χ1) is 15.1. The van der Waals surface area contributed by atoms with E-state index in [4.69, 9.17) is 10.3 Å². The fourth-order valence-electron chi connectivity index (χ4n) is 2.99. The molecule has 0 radical (unpaired) electrons. The van der Waals surface area contributed by atoms with E-state index in [1.807, 2.05) is 0 Å². The number of sulfone groups is 1. The van der Waals surface area contributed by atoms with Gasteiger partial charge < -0.3 is 5.32 Å². The van der Waals surface area contributed by atoms with Crippen LogP contribution in [0.4, 0.5) is 0 Å². The molecule has 1 aromatic heterocycles. The molecule has 0 bridgehead atoms. The van der Waals surface area contributed by atoms with Crippen LogP contribution in [0.2, 0.25) is 0 Å². The van der Waals surface area contributed by atoms with E-state index in [0.29, 0.717) is 21.3 Å². The Bertz CT molecular complexity index is 1550. The summed E-state index contributed by atoms with van der Waals surface area (Å²) in [4.78, 5) is 16.8. The fourth-order valence-corrected chi connectivity index (χ4v) is 6.48. The van der Waals surface area contributed by atoms with Gasteiger partial charge in [0.2, 0.25) is 26.0 Å². The molecule has 0 aliphatic rings. The number of primary sulfonamides is 2. The zero-order chi connectivity index (χ0) is 24.6. The van der Waals surface area contributed by atoms with E-state index in [2.05, 4.69) is 10.3 Å². The highest BCUT2D eigenvalue weighted by Gasteiger charge is 2.34. The summed E-state index contributed by atoms with van der Waals surface area (Å²) in [5.74, 6) is -1.46. The van der Waals surface area contributed by atoms with Crippen molar-refractivity contribution in [2.45, 2.75) is 10.1 Å². The van der Waals surface area contributed by atoms with Crippen molar-refractivity contribution in [3.63, 3.8) is 0 Å². The number of hydrogen-bond donors (Lipinski definition) is 3. The smallest absolute Gasteiger partial charge is 0.245 e. The minimum absolute atomic E-state index is 0.0102.